The Morgan fingerprint density at radius 2 is 1.75 bits per heavy atom. The zero-order valence-corrected chi connectivity index (χ0v) is 16.7. The maximum Gasteiger partial charge on any atom is 0.292 e. The van der Waals surface area contributed by atoms with Crippen molar-refractivity contribution in [3.05, 3.63) is 65.2 Å². The average molecular weight is 399 g/mol. The molecular formula is C21H23ClN4O2. The molecule has 0 saturated carbocycles. The highest BCUT2D eigenvalue weighted by Crippen LogP contribution is 2.22. The van der Waals surface area contributed by atoms with Gasteiger partial charge in [0.2, 0.25) is 5.82 Å². The number of carbonyl (C=O) groups is 2. The Hall–Kier alpha value is -2.86. The molecule has 0 aliphatic heterocycles. The highest BCUT2D eigenvalue weighted by atomic mass is 35.5. The molecule has 7 heteroatoms. The van der Waals surface area contributed by atoms with Crippen molar-refractivity contribution in [3.8, 4) is 0 Å². The van der Waals surface area contributed by atoms with Gasteiger partial charge in [0.15, 0.2) is 5.69 Å². The number of para-hydroxylation sites is 1. The Morgan fingerprint density at radius 1 is 1.07 bits per heavy atom. The lowest BCUT2D eigenvalue weighted by Crippen LogP contribution is -2.33. The number of hydrogen-bond acceptors (Lipinski definition) is 3. The second-order valence-corrected chi connectivity index (χ2v) is 6.87. The number of hydrogen-bond donors (Lipinski definition) is 1. The average Bonchev–Trinajstić information content (AvgIpc) is 3.09. The van der Waals surface area contributed by atoms with Crippen LogP contribution in [0.4, 0.5) is 5.69 Å². The van der Waals surface area contributed by atoms with Gasteiger partial charge in [0.25, 0.3) is 11.8 Å². The third kappa shape index (κ3) is 4.02. The summed E-state index contributed by atoms with van der Waals surface area (Å²) in [6, 6.07) is 12.4. The number of amides is 2. The zero-order chi connectivity index (χ0) is 20.1. The van der Waals surface area contributed by atoms with Crippen LogP contribution in [-0.4, -0.2) is 39.2 Å². The number of halogens is 1. The van der Waals surface area contributed by atoms with Crippen molar-refractivity contribution in [2.24, 2.45) is 0 Å². The van der Waals surface area contributed by atoms with Gasteiger partial charge in [0, 0.05) is 19.3 Å². The van der Waals surface area contributed by atoms with E-state index in [9.17, 15) is 9.59 Å². The Balaban J connectivity index is 1.99. The van der Waals surface area contributed by atoms with Crippen LogP contribution in [0.15, 0.2) is 48.7 Å². The second-order valence-electron chi connectivity index (χ2n) is 6.47. The Labute approximate surface area is 169 Å². The van der Waals surface area contributed by atoms with Crippen molar-refractivity contribution in [2.45, 2.75) is 26.7 Å². The molecule has 0 fully saturated rings. The van der Waals surface area contributed by atoms with Crippen LogP contribution < -0.4 is 5.32 Å². The summed E-state index contributed by atoms with van der Waals surface area (Å²) < 4.78 is 1.63. The maximum absolute atomic E-state index is 13.1. The lowest BCUT2D eigenvalue weighted by molar-refractivity contribution is 0.0752. The lowest BCUT2D eigenvalue weighted by atomic mass is 10.2. The first-order valence-corrected chi connectivity index (χ1v) is 9.76. The first-order valence-electron chi connectivity index (χ1n) is 9.39. The summed E-state index contributed by atoms with van der Waals surface area (Å²) in [6.07, 6.45) is 3.44. The van der Waals surface area contributed by atoms with E-state index in [0.717, 1.165) is 12.8 Å². The molecule has 0 radical (unpaired) electrons. The topological polar surface area (TPSA) is 66.7 Å². The monoisotopic (exact) mass is 398 g/mol. The quantitative estimate of drug-likeness (QED) is 0.637. The number of benzene rings is 1. The summed E-state index contributed by atoms with van der Waals surface area (Å²) in [5.74, 6) is -0.443. The summed E-state index contributed by atoms with van der Waals surface area (Å²) >= 11 is 6.14. The van der Waals surface area contributed by atoms with E-state index >= 15 is 0 Å². The van der Waals surface area contributed by atoms with Crippen molar-refractivity contribution in [2.75, 3.05) is 18.4 Å². The molecule has 28 heavy (non-hydrogen) atoms. The number of nitrogens with zero attached hydrogens (tertiary/aromatic N) is 3. The standard InChI is InChI=1S/C21H23ClN4O2/c1-3-12-25(13-4-2)21(28)18-17-11-7-8-14-26(17)19(24-18)20(27)23-16-10-6-5-9-15(16)22/h5-11,14H,3-4,12-13H2,1-2H3,(H,23,27). The number of carbonyl (C=O) groups excluding carboxylic acids is 2. The van der Waals surface area contributed by atoms with E-state index in [0.29, 0.717) is 29.3 Å². The molecule has 2 amide bonds. The molecule has 6 nitrogen and oxygen atoms in total. The van der Waals surface area contributed by atoms with Gasteiger partial charge in [-0.2, -0.15) is 0 Å². The molecule has 0 saturated heterocycles. The van der Waals surface area contributed by atoms with Crippen LogP contribution in [0.1, 0.15) is 47.8 Å². The smallest absolute Gasteiger partial charge is 0.292 e. The predicted octanol–water partition coefficient (Wildman–Crippen LogP) is 4.50. The van der Waals surface area contributed by atoms with Crippen LogP contribution in [0.5, 0.6) is 0 Å². The number of pyridine rings is 1. The minimum atomic E-state index is -0.425. The van der Waals surface area contributed by atoms with Crippen molar-refractivity contribution in [1.82, 2.24) is 14.3 Å². The molecule has 2 aromatic heterocycles. The van der Waals surface area contributed by atoms with Crippen LogP contribution in [0.25, 0.3) is 5.52 Å². The van der Waals surface area contributed by atoms with Crippen molar-refractivity contribution < 1.29 is 9.59 Å². The number of fused-ring (bicyclic) bond motifs is 1. The Kier molecular flexibility index (Phi) is 6.31. The number of aromatic nitrogens is 2. The number of imidazole rings is 1. The van der Waals surface area contributed by atoms with Gasteiger partial charge in [-0.25, -0.2) is 4.98 Å². The fourth-order valence-electron chi connectivity index (χ4n) is 3.10. The summed E-state index contributed by atoms with van der Waals surface area (Å²) in [5.41, 5.74) is 1.38. The van der Waals surface area contributed by atoms with E-state index in [-0.39, 0.29) is 17.4 Å². The van der Waals surface area contributed by atoms with Gasteiger partial charge in [-0.05, 0) is 37.1 Å². The summed E-state index contributed by atoms with van der Waals surface area (Å²) in [5, 5.41) is 3.21. The van der Waals surface area contributed by atoms with E-state index in [2.05, 4.69) is 10.3 Å². The molecule has 0 atom stereocenters. The van der Waals surface area contributed by atoms with Crippen LogP contribution >= 0.6 is 11.6 Å². The molecule has 3 aromatic rings. The molecule has 0 aliphatic rings. The van der Waals surface area contributed by atoms with Gasteiger partial charge in [-0.1, -0.05) is 43.6 Å². The van der Waals surface area contributed by atoms with E-state index in [1.807, 2.05) is 19.9 Å². The highest BCUT2D eigenvalue weighted by molar-refractivity contribution is 6.33. The van der Waals surface area contributed by atoms with E-state index in [1.165, 1.54) is 0 Å². The van der Waals surface area contributed by atoms with Gasteiger partial charge in [0.05, 0.1) is 16.2 Å². The first kappa shape index (κ1) is 19.9. The highest BCUT2D eigenvalue weighted by Gasteiger charge is 2.24. The molecule has 0 unspecified atom stereocenters. The predicted molar refractivity (Wildman–Crippen MR) is 111 cm³/mol. The van der Waals surface area contributed by atoms with E-state index in [1.54, 1.807) is 51.9 Å². The summed E-state index contributed by atoms with van der Waals surface area (Å²) in [6.45, 7) is 5.37. The molecular weight excluding hydrogens is 376 g/mol. The minimum absolute atomic E-state index is 0.145. The van der Waals surface area contributed by atoms with Gasteiger partial charge < -0.3 is 10.2 Å². The zero-order valence-electron chi connectivity index (χ0n) is 16.0. The lowest BCUT2D eigenvalue weighted by Gasteiger charge is -2.20. The van der Waals surface area contributed by atoms with Crippen LogP contribution in [0.3, 0.4) is 0 Å². The fraction of sp³-hybridized carbons (Fsp3) is 0.286. The summed E-state index contributed by atoms with van der Waals surface area (Å²) in [7, 11) is 0. The molecule has 1 N–H and O–H groups in total. The normalized spacial score (nSPS) is 10.8. The third-order valence-electron chi connectivity index (χ3n) is 4.35. The number of nitrogens with one attached hydrogen (secondary N) is 1. The molecule has 146 valence electrons. The number of anilines is 1. The van der Waals surface area contributed by atoms with Gasteiger partial charge >= 0.3 is 0 Å². The van der Waals surface area contributed by atoms with E-state index in [4.69, 9.17) is 11.6 Å². The Morgan fingerprint density at radius 3 is 2.43 bits per heavy atom. The minimum Gasteiger partial charge on any atom is -0.337 e. The third-order valence-corrected chi connectivity index (χ3v) is 4.68. The van der Waals surface area contributed by atoms with Crippen LogP contribution in [-0.2, 0) is 0 Å². The fourth-order valence-corrected chi connectivity index (χ4v) is 3.28. The van der Waals surface area contributed by atoms with Gasteiger partial charge in [-0.15, -0.1) is 0 Å². The largest absolute Gasteiger partial charge is 0.337 e. The van der Waals surface area contributed by atoms with Gasteiger partial charge in [-0.3, -0.25) is 14.0 Å². The van der Waals surface area contributed by atoms with Crippen LogP contribution in [0.2, 0.25) is 5.02 Å². The van der Waals surface area contributed by atoms with Crippen molar-refractivity contribution >= 4 is 34.6 Å². The molecule has 1 aromatic carbocycles. The number of rotatable bonds is 7. The van der Waals surface area contributed by atoms with Crippen molar-refractivity contribution in [1.29, 1.82) is 0 Å². The van der Waals surface area contributed by atoms with E-state index < -0.39 is 5.91 Å². The van der Waals surface area contributed by atoms with Crippen LogP contribution in [0, 0.1) is 0 Å². The first-order chi connectivity index (χ1) is 13.6. The SMILES string of the molecule is CCCN(CCC)C(=O)c1nc(C(=O)Nc2ccccc2Cl)n2ccccc12. The molecule has 3 rings (SSSR count). The molecule has 0 aliphatic carbocycles. The maximum atomic E-state index is 13.1. The molecule has 0 spiro atoms. The molecule has 0 bridgehead atoms. The van der Waals surface area contributed by atoms with Crippen molar-refractivity contribution in [3.63, 3.8) is 0 Å². The Bertz CT molecular complexity index is 993. The molecule has 2 heterocycles. The van der Waals surface area contributed by atoms with Gasteiger partial charge in [0.1, 0.15) is 0 Å². The summed E-state index contributed by atoms with van der Waals surface area (Å²) in [4.78, 5) is 32.1. The second kappa shape index (κ2) is 8.89.